The molecule has 0 bridgehead atoms. The average molecular weight is 810 g/mol. The van der Waals surface area contributed by atoms with Gasteiger partial charge in [-0.3, -0.25) is 10.1 Å². The monoisotopic (exact) mass is 809 g/mol. The first kappa shape index (κ1) is 41.0. The van der Waals surface area contributed by atoms with Gasteiger partial charge in [-0.2, -0.15) is 0 Å². The number of carbonyl (C=O) groups is 4. The number of ether oxygens (including phenoxy) is 4. The zero-order chi connectivity index (χ0) is 41.8. The molecule has 4 heterocycles. The molecule has 2 fully saturated rings. The fourth-order valence-electron chi connectivity index (χ4n) is 7.91. The second-order valence-corrected chi connectivity index (χ2v) is 14.9. The Kier molecular flexibility index (Phi) is 12.3. The molecule has 2 aliphatic heterocycles. The Morgan fingerprint density at radius 2 is 1.32 bits per heavy atom. The van der Waals surface area contributed by atoms with Gasteiger partial charge in [0.25, 0.3) is 0 Å². The summed E-state index contributed by atoms with van der Waals surface area (Å²) in [7, 11) is 5.52. The molecule has 6 atom stereocenters. The Morgan fingerprint density at radius 3 is 2.02 bits per heavy atom. The molecule has 2 aliphatic rings. The third-order valence-electron chi connectivity index (χ3n) is 11.4. The topological polar surface area (TPSA) is 205 Å². The standard InChI is InChI=1S/C42H51N9O8/c1-23(56-3)35(47-41(54)58-5)39(52)50-17-7-9-33(50)37-43-22-32(46-37)29-14-13-25-19-26(11-12-27(25)20-29)28-15-16-30-31(21-28)45-38(44-30)34-10-8-18-51(34)40(53)48-36(24(2)57-4)49-42(55)59-6/h11-16,19-24,33-36H,7-10,17-18H2,1-6H3,(H,43,46)(H,44,45)(H,47,54)(H,48,53)(H,49,55)/t23-,24-,33+,34+,35+,36+/m1/s1. The number of amides is 5. The summed E-state index contributed by atoms with van der Waals surface area (Å²) in [6.45, 7) is 4.55. The van der Waals surface area contributed by atoms with Crippen LogP contribution in [0, 0.1) is 0 Å². The van der Waals surface area contributed by atoms with Crippen molar-refractivity contribution < 1.29 is 38.1 Å². The minimum Gasteiger partial charge on any atom is -0.453 e. The smallest absolute Gasteiger partial charge is 0.408 e. The van der Waals surface area contributed by atoms with Gasteiger partial charge in [-0.05, 0) is 85.7 Å². The van der Waals surface area contributed by atoms with Crippen molar-refractivity contribution in [2.24, 2.45) is 0 Å². The summed E-state index contributed by atoms with van der Waals surface area (Å²) in [5.74, 6) is 1.13. The van der Waals surface area contributed by atoms with Crippen LogP contribution in [0.15, 0.2) is 60.8 Å². The molecule has 5 aromatic rings. The van der Waals surface area contributed by atoms with Crippen LogP contribution < -0.4 is 16.0 Å². The number of aromatic amines is 2. The number of nitrogens with one attached hydrogen (secondary N) is 5. The van der Waals surface area contributed by atoms with Crippen LogP contribution in [0.2, 0.25) is 0 Å². The molecule has 2 aromatic heterocycles. The van der Waals surface area contributed by atoms with E-state index in [0.29, 0.717) is 24.7 Å². The van der Waals surface area contributed by atoms with Gasteiger partial charge in [0.05, 0.1) is 61.4 Å². The molecule has 59 heavy (non-hydrogen) atoms. The van der Waals surface area contributed by atoms with E-state index in [9.17, 15) is 19.2 Å². The van der Waals surface area contributed by atoms with Gasteiger partial charge >= 0.3 is 18.2 Å². The van der Waals surface area contributed by atoms with Crippen LogP contribution >= 0.6 is 0 Å². The zero-order valence-corrected chi connectivity index (χ0v) is 34.0. The highest BCUT2D eigenvalue weighted by atomic mass is 16.5. The summed E-state index contributed by atoms with van der Waals surface area (Å²) in [5, 5.41) is 10.2. The summed E-state index contributed by atoms with van der Waals surface area (Å²) >= 11 is 0. The predicted octanol–water partition coefficient (Wildman–Crippen LogP) is 5.76. The van der Waals surface area contributed by atoms with Gasteiger partial charge in [-0.15, -0.1) is 0 Å². The van der Waals surface area contributed by atoms with Crippen molar-refractivity contribution in [3.8, 4) is 22.4 Å². The van der Waals surface area contributed by atoms with Gasteiger partial charge in [0, 0.05) is 32.9 Å². The van der Waals surface area contributed by atoms with Gasteiger partial charge in [0.2, 0.25) is 5.91 Å². The largest absolute Gasteiger partial charge is 0.453 e. The summed E-state index contributed by atoms with van der Waals surface area (Å²) in [5.41, 5.74) is 5.51. The van der Waals surface area contributed by atoms with Crippen molar-refractivity contribution in [3.05, 3.63) is 72.4 Å². The summed E-state index contributed by atoms with van der Waals surface area (Å²) < 4.78 is 20.3. The molecule has 0 spiro atoms. The number of benzene rings is 3. The first-order chi connectivity index (χ1) is 28.5. The molecule has 17 nitrogen and oxygen atoms in total. The highest BCUT2D eigenvalue weighted by Gasteiger charge is 2.39. The Bertz CT molecular complexity index is 2330. The van der Waals surface area contributed by atoms with Crippen LogP contribution in [0.4, 0.5) is 14.4 Å². The van der Waals surface area contributed by atoms with Gasteiger partial charge in [0.1, 0.15) is 23.9 Å². The molecule has 17 heteroatoms. The molecule has 5 amide bonds. The Labute approximate surface area is 341 Å². The predicted molar refractivity (Wildman–Crippen MR) is 219 cm³/mol. The summed E-state index contributed by atoms with van der Waals surface area (Å²) in [6, 6.07) is 16.9. The molecule has 312 valence electrons. The second kappa shape index (κ2) is 17.7. The lowest BCUT2D eigenvalue weighted by Crippen LogP contribution is -2.57. The lowest BCUT2D eigenvalue weighted by Gasteiger charge is -2.30. The van der Waals surface area contributed by atoms with Crippen LogP contribution in [0.25, 0.3) is 44.2 Å². The number of hydrogen-bond acceptors (Lipinski definition) is 10. The number of urea groups is 1. The first-order valence-electron chi connectivity index (χ1n) is 19.7. The van der Waals surface area contributed by atoms with Gasteiger partial charge in [-0.1, -0.05) is 30.3 Å². The van der Waals surface area contributed by atoms with E-state index >= 15 is 0 Å². The molecule has 5 N–H and O–H groups in total. The Hall–Kier alpha value is -6.20. The molecular formula is C42H51N9O8. The van der Waals surface area contributed by atoms with E-state index < -0.39 is 36.6 Å². The lowest BCUT2D eigenvalue weighted by atomic mass is 9.99. The van der Waals surface area contributed by atoms with Crippen LogP contribution in [0.1, 0.15) is 63.3 Å². The Balaban J connectivity index is 1.05. The van der Waals surface area contributed by atoms with Crippen LogP contribution in [0.5, 0.6) is 0 Å². The maximum Gasteiger partial charge on any atom is 0.408 e. The van der Waals surface area contributed by atoms with Crippen molar-refractivity contribution in [1.29, 1.82) is 0 Å². The third kappa shape index (κ3) is 8.66. The lowest BCUT2D eigenvalue weighted by molar-refractivity contribution is -0.137. The highest BCUT2D eigenvalue weighted by Crippen LogP contribution is 2.35. The maximum atomic E-state index is 13.7. The van der Waals surface area contributed by atoms with E-state index in [1.807, 2.05) is 12.1 Å². The number of alkyl carbamates (subject to hydrolysis) is 2. The van der Waals surface area contributed by atoms with Gasteiger partial charge < -0.3 is 49.3 Å². The number of carbonyl (C=O) groups excluding carboxylic acids is 4. The van der Waals surface area contributed by atoms with Gasteiger partial charge in [-0.25, -0.2) is 24.4 Å². The van der Waals surface area contributed by atoms with E-state index in [0.717, 1.165) is 69.9 Å². The molecular weight excluding hydrogens is 759 g/mol. The number of hydrogen-bond donors (Lipinski definition) is 5. The normalized spacial score (nSPS) is 18.7. The minimum absolute atomic E-state index is 0.252. The number of fused-ring (bicyclic) bond motifs is 2. The van der Waals surface area contributed by atoms with E-state index in [1.54, 1.807) is 29.8 Å². The van der Waals surface area contributed by atoms with Crippen LogP contribution in [-0.4, -0.2) is 120 Å². The fourth-order valence-corrected chi connectivity index (χ4v) is 7.91. The van der Waals surface area contributed by atoms with E-state index in [4.69, 9.17) is 28.9 Å². The zero-order valence-electron chi connectivity index (χ0n) is 34.0. The molecule has 0 saturated carbocycles. The van der Waals surface area contributed by atoms with Crippen LogP contribution in [0.3, 0.4) is 0 Å². The minimum atomic E-state index is -0.904. The fraction of sp³-hybridized carbons (Fsp3) is 0.429. The summed E-state index contributed by atoms with van der Waals surface area (Å²) in [6.07, 6.45) is 1.66. The number of likely N-dealkylation sites (tertiary alicyclic amines) is 2. The van der Waals surface area contributed by atoms with E-state index in [-0.39, 0.29) is 24.0 Å². The second-order valence-electron chi connectivity index (χ2n) is 14.9. The molecule has 3 aromatic carbocycles. The van der Waals surface area contributed by atoms with Crippen molar-refractivity contribution >= 4 is 45.9 Å². The quantitative estimate of drug-likeness (QED) is 0.0964. The third-order valence-corrected chi connectivity index (χ3v) is 11.4. The molecule has 7 rings (SSSR count). The number of H-pyrrole nitrogens is 2. The molecule has 0 aliphatic carbocycles. The number of methoxy groups -OCH3 is 4. The molecule has 0 unspecified atom stereocenters. The van der Waals surface area contributed by atoms with Crippen molar-refractivity contribution in [2.45, 2.75) is 76.0 Å². The number of rotatable bonds is 12. The maximum absolute atomic E-state index is 13.7. The van der Waals surface area contributed by atoms with Crippen molar-refractivity contribution in [3.63, 3.8) is 0 Å². The average Bonchev–Trinajstić information content (AvgIpc) is 4.10. The highest BCUT2D eigenvalue weighted by molar-refractivity contribution is 5.92. The van der Waals surface area contributed by atoms with E-state index in [1.165, 1.54) is 28.4 Å². The van der Waals surface area contributed by atoms with Gasteiger partial charge in [0.15, 0.2) is 0 Å². The number of aromatic nitrogens is 4. The molecule has 2 saturated heterocycles. The SMILES string of the molecule is COC(=O)N[C@H](NC(=O)N1CCC[C@H]1c1nc2ccc(-c3ccc4cc(-c5cnc([C@@H]6CCCN6C(=O)[C@@H](NC(=O)OC)[C@@H](C)OC)[nH]5)ccc4c3)cc2[nH]1)[C@@H](C)OC. The van der Waals surface area contributed by atoms with Crippen molar-refractivity contribution in [1.82, 2.24) is 45.7 Å². The summed E-state index contributed by atoms with van der Waals surface area (Å²) in [4.78, 5) is 71.1. The van der Waals surface area contributed by atoms with E-state index in [2.05, 4.69) is 68.4 Å². The van der Waals surface area contributed by atoms with Crippen LogP contribution in [-0.2, 0) is 23.7 Å². The number of imidazole rings is 2. The number of nitrogens with zero attached hydrogens (tertiary/aromatic N) is 4. The molecule has 0 radical (unpaired) electrons. The Morgan fingerprint density at radius 1 is 0.712 bits per heavy atom. The van der Waals surface area contributed by atoms with Crippen molar-refractivity contribution in [2.75, 3.05) is 41.5 Å². The first-order valence-corrected chi connectivity index (χ1v) is 19.7.